The molecule has 2 aliphatic carbocycles. The average molecular weight is 922 g/mol. The number of nitro groups is 1. The molecule has 0 bridgehead atoms. The maximum absolute atomic E-state index is 15.3. The van der Waals surface area contributed by atoms with Gasteiger partial charge < -0.3 is 34.0 Å². The molecular formula is C55H59N3O10. The number of hydrogen-bond acceptors (Lipinski definition) is 11. The minimum absolute atomic E-state index is 0.0122. The zero-order chi connectivity index (χ0) is 47.5. The van der Waals surface area contributed by atoms with Crippen LogP contribution in [0.2, 0.25) is 0 Å². The van der Waals surface area contributed by atoms with E-state index in [0.29, 0.717) is 36.7 Å². The fourth-order valence-corrected chi connectivity index (χ4v) is 10.4. The van der Waals surface area contributed by atoms with Gasteiger partial charge in [0.2, 0.25) is 5.79 Å². The van der Waals surface area contributed by atoms with E-state index in [1.165, 1.54) is 24.3 Å². The van der Waals surface area contributed by atoms with Crippen molar-refractivity contribution in [2.45, 2.75) is 75.8 Å². The molecule has 0 spiro atoms. The number of unbranched alkanes of at least 4 members (excludes halogenated alkanes) is 2. The molecule has 8 rings (SSSR count). The monoisotopic (exact) mass is 921 g/mol. The third-order valence-corrected chi connectivity index (χ3v) is 13.3. The van der Waals surface area contributed by atoms with Gasteiger partial charge in [-0.25, -0.2) is 4.79 Å². The number of oxime groups is 1. The molecule has 1 heterocycles. The zero-order valence-corrected chi connectivity index (χ0v) is 38.2. The predicted molar refractivity (Wildman–Crippen MR) is 260 cm³/mol. The lowest BCUT2D eigenvalue weighted by molar-refractivity contribution is -0.384. The van der Waals surface area contributed by atoms with Crippen LogP contribution in [0.25, 0.3) is 10.8 Å². The number of nitrogens with zero attached hydrogens (tertiary/aromatic N) is 3. The number of non-ortho nitro benzene ring substituents is 1. The van der Waals surface area contributed by atoms with Gasteiger partial charge in [-0.1, -0.05) is 116 Å². The Balaban J connectivity index is 1.36. The summed E-state index contributed by atoms with van der Waals surface area (Å²) in [6.45, 7) is 8.67. The van der Waals surface area contributed by atoms with Crippen LogP contribution in [0, 0.1) is 27.9 Å². The van der Waals surface area contributed by atoms with Crippen LogP contribution in [0.4, 0.5) is 10.5 Å². The Bertz CT molecular complexity index is 2610. The summed E-state index contributed by atoms with van der Waals surface area (Å²) in [7, 11) is 0. The van der Waals surface area contributed by atoms with Crippen molar-refractivity contribution in [2.75, 3.05) is 26.4 Å². The second-order valence-corrected chi connectivity index (χ2v) is 17.5. The molecule has 3 aliphatic rings. The molecule has 2 N–H and O–H groups in total. The summed E-state index contributed by atoms with van der Waals surface area (Å²) in [5.74, 6) is -1.11. The summed E-state index contributed by atoms with van der Waals surface area (Å²) < 4.78 is 27.0. The Morgan fingerprint density at radius 2 is 1.59 bits per heavy atom. The number of amides is 1. The minimum Gasteiger partial charge on any atom is -0.490 e. The number of carbonyl (C=O) groups excluding carboxylic acids is 1. The molecule has 0 radical (unpaired) electrons. The Morgan fingerprint density at radius 1 is 0.868 bits per heavy atom. The van der Waals surface area contributed by atoms with Crippen molar-refractivity contribution in [1.82, 2.24) is 4.90 Å². The first-order chi connectivity index (χ1) is 33.3. The number of aliphatic hydroxyl groups excluding tert-OH is 2. The van der Waals surface area contributed by atoms with Gasteiger partial charge in [0.25, 0.3) is 5.69 Å². The third kappa shape index (κ3) is 10.3. The molecule has 13 nitrogen and oxygen atoms in total. The topological polar surface area (TPSA) is 162 Å². The highest BCUT2D eigenvalue weighted by Crippen LogP contribution is 2.62. The molecular weight excluding hydrogens is 863 g/mol. The molecule has 6 atom stereocenters. The number of benzene rings is 5. The number of hydrogen-bond donors (Lipinski definition) is 2. The van der Waals surface area contributed by atoms with Crippen molar-refractivity contribution in [1.29, 1.82) is 0 Å². The standard InChI is InChI=1S/C55H59N3O10/c1-3-31-64-44-27-28-50-48(34-44)52-46(22-11-13-30-60)40(18-10-12-29-59)33-47-49(56-66-37-38-15-6-5-7-16-38)35-51(55(68-50,53(47)52)65-32-4-2)57(36-41-20-14-19-39-17-8-9-21-45(39)41)54(61)67-43-25-23-42(24-26-43)58(62)63/h3-9,14-17,19-21,23-28,33-34,40,46,51-53,59-60H,1-2,10-13,18,22,29-32,35-37H2/t40-,46+,51-,52+,53+,55+/m0/s1. The van der Waals surface area contributed by atoms with Gasteiger partial charge in [-0.2, -0.15) is 0 Å². The fourth-order valence-electron chi connectivity index (χ4n) is 10.4. The summed E-state index contributed by atoms with van der Waals surface area (Å²) in [6, 6.07) is 34.0. The SMILES string of the molecule is C=CCOc1ccc2c(c1)[C@H]1[C@H](CCCCO)[C@@H](CCCCO)C=C3C(=NOCc4ccccc4)C[C@H](N(Cc4cccc5ccccc45)C(=O)Oc4ccc([N+](=O)[O-])cc4)[C@@](OCC=C)(O2)[C@H]31. The van der Waals surface area contributed by atoms with Gasteiger partial charge in [-0.3, -0.25) is 15.0 Å². The molecule has 0 unspecified atom stereocenters. The number of allylic oxidation sites excluding steroid dienone is 1. The van der Waals surface area contributed by atoms with Crippen LogP contribution in [0.1, 0.15) is 67.6 Å². The van der Waals surface area contributed by atoms with Gasteiger partial charge in [0.15, 0.2) is 0 Å². The lowest BCUT2D eigenvalue weighted by atomic mass is 9.55. The van der Waals surface area contributed by atoms with Crippen molar-refractivity contribution < 1.29 is 43.7 Å². The second-order valence-electron chi connectivity index (χ2n) is 17.5. The van der Waals surface area contributed by atoms with Crippen molar-refractivity contribution in [3.8, 4) is 17.2 Å². The average Bonchev–Trinajstić information content (AvgIpc) is 3.36. The second kappa shape index (κ2) is 22.3. The van der Waals surface area contributed by atoms with Crippen LogP contribution in [-0.2, 0) is 22.7 Å². The van der Waals surface area contributed by atoms with Crippen LogP contribution in [0.3, 0.4) is 0 Å². The number of fused-ring (bicyclic) bond motifs is 3. The quantitative estimate of drug-likeness (QED) is 0.0296. The van der Waals surface area contributed by atoms with Gasteiger partial charge in [-0.05, 0) is 95.3 Å². The molecule has 1 fully saturated rings. The van der Waals surface area contributed by atoms with E-state index in [-0.39, 0.29) is 68.6 Å². The van der Waals surface area contributed by atoms with Crippen molar-refractivity contribution in [3.63, 3.8) is 0 Å². The van der Waals surface area contributed by atoms with E-state index in [1.54, 1.807) is 17.1 Å². The first kappa shape index (κ1) is 47.7. The van der Waals surface area contributed by atoms with Crippen LogP contribution in [0.15, 0.2) is 157 Å². The van der Waals surface area contributed by atoms with E-state index in [9.17, 15) is 20.3 Å². The van der Waals surface area contributed by atoms with Crippen LogP contribution < -0.4 is 14.2 Å². The van der Waals surface area contributed by atoms with Gasteiger partial charge >= 0.3 is 6.09 Å². The van der Waals surface area contributed by atoms with E-state index in [1.807, 2.05) is 91.0 Å². The zero-order valence-electron chi connectivity index (χ0n) is 38.2. The smallest absolute Gasteiger partial charge is 0.416 e. The molecule has 1 saturated carbocycles. The van der Waals surface area contributed by atoms with Gasteiger partial charge in [0, 0.05) is 43.2 Å². The largest absolute Gasteiger partial charge is 0.490 e. The molecule has 13 heteroatoms. The van der Waals surface area contributed by atoms with Crippen LogP contribution in [-0.4, -0.2) is 70.1 Å². The van der Waals surface area contributed by atoms with Crippen LogP contribution >= 0.6 is 0 Å². The Labute approximate surface area is 397 Å². The molecule has 68 heavy (non-hydrogen) atoms. The number of ether oxygens (including phenoxy) is 4. The van der Waals surface area contributed by atoms with Gasteiger partial charge in [0.1, 0.15) is 36.5 Å². The number of nitro benzene ring substituents is 1. The molecule has 5 aromatic carbocycles. The molecule has 1 aliphatic heterocycles. The van der Waals surface area contributed by atoms with Crippen molar-refractivity contribution >= 4 is 28.3 Å². The van der Waals surface area contributed by atoms with E-state index in [0.717, 1.165) is 58.7 Å². The van der Waals surface area contributed by atoms with Crippen molar-refractivity contribution in [3.05, 3.63) is 179 Å². The number of rotatable bonds is 22. The van der Waals surface area contributed by atoms with E-state index in [2.05, 4.69) is 19.2 Å². The fraction of sp³-hybridized carbons (Fsp3) is 0.345. The van der Waals surface area contributed by atoms with E-state index < -0.39 is 28.8 Å². The number of carbonyl (C=O) groups is 1. The third-order valence-electron chi connectivity index (χ3n) is 13.3. The maximum Gasteiger partial charge on any atom is 0.416 e. The normalized spacial score (nSPS) is 21.9. The lowest BCUT2D eigenvalue weighted by Crippen LogP contribution is -2.70. The highest BCUT2D eigenvalue weighted by molar-refractivity contribution is 6.03. The Morgan fingerprint density at radius 3 is 2.34 bits per heavy atom. The first-order valence-corrected chi connectivity index (χ1v) is 23.5. The lowest BCUT2D eigenvalue weighted by Gasteiger charge is -2.59. The molecule has 0 aromatic heterocycles. The van der Waals surface area contributed by atoms with Crippen LogP contribution in [0.5, 0.6) is 17.2 Å². The molecule has 0 saturated heterocycles. The minimum atomic E-state index is -1.58. The maximum atomic E-state index is 15.3. The van der Waals surface area contributed by atoms with E-state index >= 15 is 4.79 Å². The first-order valence-electron chi connectivity index (χ1n) is 23.5. The van der Waals surface area contributed by atoms with Crippen molar-refractivity contribution in [2.24, 2.45) is 22.9 Å². The summed E-state index contributed by atoms with van der Waals surface area (Å²) in [5.41, 5.74) is 4.05. The number of aliphatic hydroxyl groups is 2. The van der Waals surface area contributed by atoms with Gasteiger partial charge in [-0.15, -0.1) is 6.58 Å². The Hall–Kier alpha value is -6.80. The molecule has 354 valence electrons. The highest BCUT2D eigenvalue weighted by atomic mass is 16.7. The summed E-state index contributed by atoms with van der Waals surface area (Å²) in [5, 5.41) is 38.5. The van der Waals surface area contributed by atoms with Gasteiger partial charge in [0.05, 0.1) is 29.7 Å². The molecule has 5 aromatic rings. The molecule has 1 amide bonds. The van der Waals surface area contributed by atoms with E-state index in [4.69, 9.17) is 28.9 Å². The summed E-state index contributed by atoms with van der Waals surface area (Å²) in [4.78, 5) is 34.4. The predicted octanol–water partition coefficient (Wildman–Crippen LogP) is 10.8. The highest BCUT2D eigenvalue weighted by Gasteiger charge is 2.66. The Kier molecular flexibility index (Phi) is 15.7. The summed E-state index contributed by atoms with van der Waals surface area (Å²) in [6.07, 6.45) is 9.41. The summed E-state index contributed by atoms with van der Waals surface area (Å²) >= 11 is 0.